The first-order valence-electron chi connectivity index (χ1n) is 11.4. The van der Waals surface area contributed by atoms with Gasteiger partial charge in [-0.3, -0.25) is 19.3 Å². The van der Waals surface area contributed by atoms with Crippen LogP contribution in [-0.4, -0.2) is 84.8 Å². The number of aromatic hydroxyl groups is 1. The largest absolute Gasteiger partial charge is 0.508 e. The SMILES string of the molecule is Cl.[2H][13C]([2H])([2H])N(C)[C@@H]1C(=O)C(C(N)=O)=C(O)[C@@]2(O)C(=O)C3=C(O)c4c(O)cccc4[C@@](C)(O)[C@H]3[C@H](O)[C@@H]12. The third-order valence-corrected chi connectivity index (χ3v) is 6.90. The number of aliphatic hydroxyl groups excluding tert-OH is 3. The zero-order valence-corrected chi connectivity index (χ0v) is 18.7. The van der Waals surface area contributed by atoms with Crippen molar-refractivity contribution >= 4 is 35.6 Å². The summed E-state index contributed by atoms with van der Waals surface area (Å²) < 4.78 is 23.2. The van der Waals surface area contributed by atoms with Gasteiger partial charge in [0.05, 0.1) is 40.7 Å². The number of fused-ring (bicyclic) bond motifs is 3. The lowest BCUT2D eigenvalue weighted by Gasteiger charge is -2.55. The summed E-state index contributed by atoms with van der Waals surface area (Å²) >= 11 is 0. The molecule has 11 nitrogen and oxygen atoms in total. The maximum absolute atomic E-state index is 13.8. The number of benzene rings is 1. The average molecular weight is 501 g/mol. The van der Waals surface area contributed by atoms with Crippen LogP contribution >= 0.6 is 12.4 Å². The first-order chi connectivity index (χ1) is 16.4. The summed E-state index contributed by atoms with van der Waals surface area (Å²) in [4.78, 5) is 39.5. The van der Waals surface area contributed by atoms with Crippen molar-refractivity contribution in [1.82, 2.24) is 4.90 Å². The van der Waals surface area contributed by atoms with E-state index in [1.165, 1.54) is 12.1 Å². The number of halogens is 1. The van der Waals surface area contributed by atoms with Crippen LogP contribution in [0.15, 0.2) is 35.1 Å². The van der Waals surface area contributed by atoms with Gasteiger partial charge >= 0.3 is 0 Å². The number of likely N-dealkylation sites (N-methyl/N-ethyl adjacent to an activating group) is 1. The van der Waals surface area contributed by atoms with Crippen LogP contribution in [0.25, 0.3) is 5.76 Å². The number of ketones is 2. The molecule has 1 saturated carbocycles. The molecule has 0 unspecified atom stereocenters. The van der Waals surface area contributed by atoms with E-state index in [1.807, 2.05) is 0 Å². The summed E-state index contributed by atoms with van der Waals surface area (Å²) in [6.45, 7) is -1.90. The second kappa shape index (κ2) is 7.79. The number of rotatable bonds is 2. The van der Waals surface area contributed by atoms with Crippen LogP contribution in [0.5, 0.6) is 5.75 Å². The Bertz CT molecular complexity index is 1290. The van der Waals surface area contributed by atoms with Gasteiger partial charge in [0, 0.05) is 4.11 Å². The molecule has 0 aliphatic heterocycles. The van der Waals surface area contributed by atoms with Crippen LogP contribution in [0.2, 0.25) is 0 Å². The first kappa shape index (κ1) is 21.6. The number of hydrogen-bond donors (Lipinski definition) is 7. The molecule has 6 atom stereocenters. The maximum atomic E-state index is 13.8. The Morgan fingerprint density at radius 3 is 2.38 bits per heavy atom. The van der Waals surface area contributed by atoms with Crippen molar-refractivity contribution in [3.8, 4) is 5.75 Å². The molecule has 0 heterocycles. The van der Waals surface area contributed by atoms with Gasteiger partial charge in [-0.05, 0) is 32.6 Å². The molecule has 8 N–H and O–H groups in total. The van der Waals surface area contributed by atoms with E-state index < -0.39 is 88.0 Å². The minimum Gasteiger partial charge on any atom is -0.508 e. The summed E-state index contributed by atoms with van der Waals surface area (Å²) in [6, 6.07) is 1.69. The molecule has 1 aromatic rings. The normalized spacial score (nSPS) is 36.6. The summed E-state index contributed by atoms with van der Waals surface area (Å²) in [5.74, 6) is -11.4. The molecular weight excluding hydrogens is 473 g/mol. The molecule has 0 aromatic heterocycles. The molecule has 1 fully saturated rings. The third kappa shape index (κ3) is 2.88. The smallest absolute Gasteiger partial charge is 0.255 e. The molecule has 0 spiro atoms. The number of amides is 1. The zero-order chi connectivity index (χ0) is 27.3. The van der Waals surface area contributed by atoms with Crippen LogP contribution in [0.4, 0.5) is 0 Å². The van der Waals surface area contributed by atoms with Gasteiger partial charge < -0.3 is 36.4 Å². The van der Waals surface area contributed by atoms with Gasteiger partial charge in [-0.25, -0.2) is 0 Å². The molecule has 0 radical (unpaired) electrons. The highest BCUT2D eigenvalue weighted by atomic mass is 35.5. The summed E-state index contributed by atoms with van der Waals surface area (Å²) in [7, 11) is 0.920. The Kier molecular flexibility index (Phi) is 4.94. The molecule has 1 amide bonds. The number of primary amides is 1. The summed E-state index contributed by atoms with van der Waals surface area (Å²) in [5, 5.41) is 66.7. The Morgan fingerprint density at radius 1 is 1.21 bits per heavy atom. The van der Waals surface area contributed by atoms with E-state index in [0.717, 1.165) is 20.0 Å². The lowest BCUT2D eigenvalue weighted by Crippen LogP contribution is -2.71. The minimum atomic E-state index is -3.31. The molecule has 4 rings (SSSR count). The van der Waals surface area contributed by atoms with E-state index in [-0.39, 0.29) is 23.5 Å². The van der Waals surface area contributed by atoms with Crippen molar-refractivity contribution in [2.24, 2.45) is 17.6 Å². The van der Waals surface area contributed by atoms with Crippen molar-refractivity contribution < 1.29 is 49.1 Å². The fourth-order valence-corrected chi connectivity index (χ4v) is 5.46. The van der Waals surface area contributed by atoms with E-state index in [2.05, 4.69) is 0 Å². The Morgan fingerprint density at radius 2 is 1.82 bits per heavy atom. The van der Waals surface area contributed by atoms with Crippen LogP contribution in [0.3, 0.4) is 0 Å². The van der Waals surface area contributed by atoms with Gasteiger partial charge in [0.1, 0.15) is 22.8 Å². The molecule has 1 aromatic carbocycles. The highest BCUT2D eigenvalue weighted by Crippen LogP contribution is 2.57. The van der Waals surface area contributed by atoms with E-state index in [9.17, 15) is 45.0 Å². The zero-order valence-electron chi connectivity index (χ0n) is 20.9. The first-order valence-corrected chi connectivity index (χ1v) is 9.86. The minimum absolute atomic E-state index is 0. The van der Waals surface area contributed by atoms with Crippen molar-refractivity contribution in [3.63, 3.8) is 0 Å². The number of nitrogens with two attached hydrogens (primary N) is 1. The molecule has 0 bridgehead atoms. The molecule has 3 aliphatic carbocycles. The fourth-order valence-electron chi connectivity index (χ4n) is 5.46. The Labute approximate surface area is 204 Å². The van der Waals surface area contributed by atoms with E-state index in [0.29, 0.717) is 4.90 Å². The molecule has 0 saturated heterocycles. The maximum Gasteiger partial charge on any atom is 0.255 e. The van der Waals surface area contributed by atoms with Gasteiger partial charge in [-0.15, -0.1) is 12.4 Å². The van der Waals surface area contributed by atoms with Crippen LogP contribution in [-0.2, 0) is 20.0 Å². The van der Waals surface area contributed by atoms with Crippen LogP contribution in [0.1, 0.15) is 22.2 Å². The standard InChI is InChI=1S/C22H24N2O9.ClH/c1-21(32)7-5-4-6-8(25)9(7)15(26)10-12(21)17(28)13-14(24(2)3)16(27)11(20(23)31)19(30)22(13,33)18(10)29;/h4-6,12-14,17,25-26,28,30,32-33H,1-3H3,(H2,23,31);1H/t12-,13-,14+,17+,21-,22+;/m1./s1/i2+1D3;. The van der Waals surface area contributed by atoms with Crippen LogP contribution in [0, 0.1) is 11.8 Å². The molecule has 3 aliphatic rings. The molecule has 34 heavy (non-hydrogen) atoms. The quantitative estimate of drug-likeness (QED) is 0.195. The second-order valence-electron chi connectivity index (χ2n) is 8.71. The average Bonchev–Trinajstić information content (AvgIpc) is 2.75. The van der Waals surface area contributed by atoms with Gasteiger partial charge in [-0.2, -0.15) is 0 Å². The number of nitrogens with zero attached hydrogens (tertiary/aromatic N) is 1. The van der Waals surface area contributed by atoms with Gasteiger partial charge in [0.25, 0.3) is 5.91 Å². The monoisotopic (exact) mass is 500 g/mol. The number of phenols is 1. The van der Waals surface area contributed by atoms with E-state index in [4.69, 9.17) is 9.85 Å². The number of hydrogen-bond acceptors (Lipinski definition) is 10. The number of carbonyl (C=O) groups excluding carboxylic acids is 3. The predicted octanol–water partition coefficient (Wildman–Crippen LogP) is -0.978. The number of Topliss-reactive ketones (excluding diaryl/α,β-unsaturated/α-hetero) is 2. The van der Waals surface area contributed by atoms with E-state index >= 15 is 0 Å². The molecular formula is C22H25ClN2O9. The van der Waals surface area contributed by atoms with Crippen LogP contribution < -0.4 is 5.73 Å². The number of aliphatic hydroxyl groups is 5. The highest BCUT2D eigenvalue weighted by Gasteiger charge is 2.70. The van der Waals surface area contributed by atoms with Gasteiger partial charge in [-0.1, -0.05) is 12.1 Å². The topological polar surface area (TPSA) is 202 Å². The Hall–Kier alpha value is -2.96. The van der Waals surface area contributed by atoms with E-state index in [1.54, 1.807) is 0 Å². The van der Waals surface area contributed by atoms with Crippen molar-refractivity contribution in [2.45, 2.75) is 30.3 Å². The Balaban J connectivity index is 0.00000380. The number of carbonyl (C=O) groups is 3. The predicted molar refractivity (Wildman–Crippen MR) is 119 cm³/mol. The van der Waals surface area contributed by atoms with Gasteiger partial charge in [0.2, 0.25) is 5.78 Å². The summed E-state index contributed by atoms with van der Waals surface area (Å²) in [5.41, 5.74) is -2.84. The van der Waals surface area contributed by atoms with Gasteiger partial charge in [0.15, 0.2) is 11.4 Å². The summed E-state index contributed by atoms with van der Waals surface area (Å²) in [6.07, 6.45) is -2.15. The third-order valence-electron chi connectivity index (χ3n) is 6.90. The number of phenolic OH excluding ortho intramolecular Hbond substituents is 1. The molecule has 12 heteroatoms. The lowest BCUT2D eigenvalue weighted by atomic mass is 9.53. The van der Waals surface area contributed by atoms with Crippen molar-refractivity contribution in [2.75, 3.05) is 14.0 Å². The highest BCUT2D eigenvalue weighted by molar-refractivity contribution is 6.24. The second-order valence-corrected chi connectivity index (χ2v) is 8.71. The lowest BCUT2D eigenvalue weighted by molar-refractivity contribution is -0.181. The van der Waals surface area contributed by atoms with Crippen molar-refractivity contribution in [3.05, 3.63) is 46.2 Å². The fraction of sp³-hybridized carbons (Fsp3) is 0.409. The molecule has 184 valence electrons. The van der Waals surface area contributed by atoms with Crippen molar-refractivity contribution in [1.29, 1.82) is 0 Å².